The van der Waals surface area contributed by atoms with Gasteiger partial charge in [-0.2, -0.15) is 0 Å². The second kappa shape index (κ2) is 7.23. The normalized spacial score (nSPS) is 18.0. The fourth-order valence-corrected chi connectivity index (χ4v) is 2.71. The lowest BCUT2D eigenvalue weighted by Crippen LogP contribution is -2.32. The zero-order valence-corrected chi connectivity index (χ0v) is 13.2. The van der Waals surface area contributed by atoms with Crippen molar-refractivity contribution in [1.82, 2.24) is 15.0 Å². The Labute approximate surface area is 135 Å². The highest BCUT2D eigenvalue weighted by Gasteiger charge is 2.24. The van der Waals surface area contributed by atoms with E-state index in [4.69, 9.17) is 4.52 Å². The summed E-state index contributed by atoms with van der Waals surface area (Å²) in [5.74, 6) is 1.82. The van der Waals surface area contributed by atoms with Gasteiger partial charge in [-0.15, -0.1) is 0 Å². The Bertz CT molecular complexity index is 626. The van der Waals surface area contributed by atoms with E-state index < -0.39 is 0 Å². The zero-order valence-electron chi connectivity index (χ0n) is 13.2. The van der Waals surface area contributed by atoms with Crippen LogP contribution in [0, 0.1) is 12.8 Å². The van der Waals surface area contributed by atoms with E-state index in [2.05, 4.69) is 25.7 Å². The minimum Gasteiger partial charge on any atom is -0.370 e. The molecule has 1 amide bonds. The van der Waals surface area contributed by atoms with Crippen LogP contribution in [-0.2, 0) is 4.79 Å². The molecule has 0 spiro atoms. The second-order valence-corrected chi connectivity index (χ2v) is 5.92. The molecule has 23 heavy (non-hydrogen) atoms. The standard InChI is InChI=1S/C16H21N5O2/c1-12-2-3-14(17-8-12)18-9-13-4-6-21(10-13)11-16(22)19-15-5-7-23-20-15/h2-3,5,7-8,13H,4,6,9-11H2,1H3,(H,17,18)(H,19,20,22)/t13-/m1/s1. The number of anilines is 2. The zero-order chi connectivity index (χ0) is 16.1. The summed E-state index contributed by atoms with van der Waals surface area (Å²) in [5.41, 5.74) is 1.15. The van der Waals surface area contributed by atoms with E-state index in [1.165, 1.54) is 6.26 Å². The molecule has 2 N–H and O–H groups in total. The Balaban J connectivity index is 1.39. The van der Waals surface area contributed by atoms with E-state index in [0.29, 0.717) is 18.3 Å². The van der Waals surface area contributed by atoms with E-state index in [1.807, 2.05) is 25.3 Å². The maximum atomic E-state index is 11.9. The van der Waals surface area contributed by atoms with Gasteiger partial charge in [0.25, 0.3) is 0 Å². The Kier molecular flexibility index (Phi) is 4.87. The van der Waals surface area contributed by atoms with Gasteiger partial charge in [0, 0.05) is 25.4 Å². The summed E-state index contributed by atoms with van der Waals surface area (Å²) in [6.07, 6.45) is 4.37. The smallest absolute Gasteiger partial charge is 0.239 e. The number of amides is 1. The summed E-state index contributed by atoms with van der Waals surface area (Å²) in [7, 11) is 0. The van der Waals surface area contributed by atoms with E-state index in [-0.39, 0.29) is 5.91 Å². The Morgan fingerprint density at radius 1 is 1.39 bits per heavy atom. The molecule has 0 aromatic carbocycles. The molecule has 122 valence electrons. The molecule has 0 radical (unpaired) electrons. The van der Waals surface area contributed by atoms with Gasteiger partial charge in [-0.1, -0.05) is 11.2 Å². The second-order valence-electron chi connectivity index (χ2n) is 5.92. The maximum absolute atomic E-state index is 11.9. The van der Waals surface area contributed by atoms with Crippen LogP contribution in [0.1, 0.15) is 12.0 Å². The van der Waals surface area contributed by atoms with Crippen LogP contribution >= 0.6 is 0 Å². The molecule has 2 aromatic heterocycles. The number of hydrogen-bond donors (Lipinski definition) is 2. The third kappa shape index (κ3) is 4.53. The van der Waals surface area contributed by atoms with Crippen LogP contribution in [0.3, 0.4) is 0 Å². The number of hydrogen-bond acceptors (Lipinski definition) is 6. The van der Waals surface area contributed by atoms with Crippen LogP contribution < -0.4 is 10.6 Å². The fourth-order valence-electron chi connectivity index (χ4n) is 2.71. The van der Waals surface area contributed by atoms with Gasteiger partial charge in [-0.3, -0.25) is 9.69 Å². The molecule has 1 atom stereocenters. The van der Waals surface area contributed by atoms with E-state index in [0.717, 1.165) is 37.4 Å². The van der Waals surface area contributed by atoms with Crippen LogP contribution in [0.15, 0.2) is 35.2 Å². The van der Waals surface area contributed by atoms with Crippen LogP contribution in [0.4, 0.5) is 11.6 Å². The molecule has 2 aromatic rings. The highest BCUT2D eigenvalue weighted by Crippen LogP contribution is 2.17. The molecule has 1 fully saturated rings. The largest absolute Gasteiger partial charge is 0.370 e. The van der Waals surface area contributed by atoms with Crippen LogP contribution in [0.2, 0.25) is 0 Å². The van der Waals surface area contributed by atoms with Crippen molar-refractivity contribution >= 4 is 17.5 Å². The van der Waals surface area contributed by atoms with Crippen molar-refractivity contribution in [2.45, 2.75) is 13.3 Å². The maximum Gasteiger partial charge on any atom is 0.239 e. The number of pyridine rings is 1. The highest BCUT2D eigenvalue weighted by atomic mass is 16.5. The van der Waals surface area contributed by atoms with Crippen LogP contribution in [0.5, 0.6) is 0 Å². The lowest BCUT2D eigenvalue weighted by molar-refractivity contribution is -0.117. The predicted octanol–water partition coefficient (Wildman–Crippen LogP) is 1.75. The number of rotatable bonds is 6. The van der Waals surface area contributed by atoms with Gasteiger partial charge in [0.1, 0.15) is 12.1 Å². The average Bonchev–Trinajstić information content (AvgIpc) is 3.19. The van der Waals surface area contributed by atoms with Crippen molar-refractivity contribution in [3.05, 3.63) is 36.2 Å². The number of carbonyl (C=O) groups excluding carboxylic acids is 1. The first-order valence-corrected chi connectivity index (χ1v) is 7.78. The summed E-state index contributed by atoms with van der Waals surface area (Å²) in [6.45, 7) is 5.12. The first kappa shape index (κ1) is 15.5. The topological polar surface area (TPSA) is 83.3 Å². The van der Waals surface area contributed by atoms with Gasteiger partial charge in [-0.25, -0.2) is 4.98 Å². The lowest BCUT2D eigenvalue weighted by Gasteiger charge is -2.15. The molecule has 3 rings (SSSR count). The molecule has 0 saturated carbocycles. The third-order valence-corrected chi connectivity index (χ3v) is 3.93. The van der Waals surface area contributed by atoms with Gasteiger partial charge < -0.3 is 15.2 Å². The van der Waals surface area contributed by atoms with Gasteiger partial charge in [-0.05, 0) is 37.4 Å². The number of carbonyl (C=O) groups is 1. The molecular formula is C16H21N5O2. The summed E-state index contributed by atoms with van der Waals surface area (Å²) < 4.78 is 4.69. The summed E-state index contributed by atoms with van der Waals surface area (Å²) in [5, 5.41) is 9.75. The van der Waals surface area contributed by atoms with Crippen molar-refractivity contribution in [3.8, 4) is 0 Å². The number of nitrogens with one attached hydrogen (secondary N) is 2. The molecule has 7 nitrogen and oxygen atoms in total. The molecule has 0 bridgehead atoms. The van der Waals surface area contributed by atoms with Crippen LogP contribution in [-0.4, -0.2) is 47.1 Å². The van der Waals surface area contributed by atoms with Gasteiger partial charge in [0.2, 0.25) is 5.91 Å². The van der Waals surface area contributed by atoms with Crippen molar-refractivity contribution in [2.75, 3.05) is 36.8 Å². The third-order valence-electron chi connectivity index (χ3n) is 3.93. The minimum absolute atomic E-state index is 0.0623. The molecule has 1 aliphatic heterocycles. The molecule has 1 saturated heterocycles. The Hall–Kier alpha value is -2.41. The van der Waals surface area contributed by atoms with Crippen molar-refractivity contribution in [3.63, 3.8) is 0 Å². The molecule has 0 unspecified atom stereocenters. The predicted molar refractivity (Wildman–Crippen MR) is 87.1 cm³/mol. The minimum atomic E-state index is -0.0623. The number of likely N-dealkylation sites (tertiary alicyclic amines) is 1. The quantitative estimate of drug-likeness (QED) is 0.845. The van der Waals surface area contributed by atoms with Crippen molar-refractivity contribution in [1.29, 1.82) is 0 Å². The first-order chi connectivity index (χ1) is 11.2. The van der Waals surface area contributed by atoms with Crippen LogP contribution in [0.25, 0.3) is 0 Å². The van der Waals surface area contributed by atoms with E-state index in [9.17, 15) is 4.79 Å². The number of aromatic nitrogens is 2. The Morgan fingerprint density at radius 2 is 2.30 bits per heavy atom. The average molecular weight is 315 g/mol. The van der Waals surface area contributed by atoms with Gasteiger partial charge in [0.05, 0.1) is 6.54 Å². The lowest BCUT2D eigenvalue weighted by atomic mass is 10.1. The highest BCUT2D eigenvalue weighted by molar-refractivity contribution is 5.91. The number of nitrogens with zero attached hydrogens (tertiary/aromatic N) is 3. The van der Waals surface area contributed by atoms with E-state index >= 15 is 0 Å². The molecule has 7 heteroatoms. The Morgan fingerprint density at radius 3 is 3.04 bits per heavy atom. The molecule has 1 aliphatic rings. The molecular weight excluding hydrogens is 294 g/mol. The fraction of sp³-hybridized carbons (Fsp3) is 0.438. The molecule has 3 heterocycles. The van der Waals surface area contributed by atoms with Gasteiger partial charge in [0.15, 0.2) is 5.82 Å². The van der Waals surface area contributed by atoms with E-state index in [1.54, 1.807) is 6.07 Å². The first-order valence-electron chi connectivity index (χ1n) is 7.78. The van der Waals surface area contributed by atoms with Crippen molar-refractivity contribution < 1.29 is 9.32 Å². The van der Waals surface area contributed by atoms with Crippen molar-refractivity contribution in [2.24, 2.45) is 5.92 Å². The SMILES string of the molecule is Cc1ccc(NC[C@H]2CCN(CC(=O)Nc3ccon3)C2)nc1. The summed E-state index contributed by atoms with van der Waals surface area (Å²) in [4.78, 5) is 18.4. The van der Waals surface area contributed by atoms with Gasteiger partial charge >= 0.3 is 0 Å². The summed E-state index contributed by atoms with van der Waals surface area (Å²) >= 11 is 0. The summed E-state index contributed by atoms with van der Waals surface area (Å²) in [6, 6.07) is 5.67. The molecule has 0 aliphatic carbocycles. The monoisotopic (exact) mass is 315 g/mol. The number of aryl methyl sites for hydroxylation is 1.